The Bertz CT molecular complexity index is 836. The van der Waals surface area contributed by atoms with E-state index in [1.54, 1.807) is 0 Å². The van der Waals surface area contributed by atoms with Gasteiger partial charge in [0.15, 0.2) is 11.5 Å². The summed E-state index contributed by atoms with van der Waals surface area (Å²) in [7, 11) is -3.24. The highest BCUT2D eigenvalue weighted by Gasteiger charge is 2.33. The van der Waals surface area contributed by atoms with Gasteiger partial charge in [-0.25, -0.2) is 12.7 Å². The predicted octanol–water partition coefficient (Wildman–Crippen LogP) is 0.731. The molecule has 3 aliphatic rings. The summed E-state index contributed by atoms with van der Waals surface area (Å²) < 4.78 is 35.8. The minimum atomic E-state index is -3.24. The molecule has 4 rings (SSSR count). The largest absolute Gasteiger partial charge is 0.454 e. The van der Waals surface area contributed by atoms with Crippen LogP contribution in [0, 0.1) is 5.92 Å². The number of piperazine rings is 1. The van der Waals surface area contributed by atoms with Crippen LogP contribution >= 0.6 is 0 Å². The van der Waals surface area contributed by atoms with Crippen molar-refractivity contribution in [2.24, 2.45) is 5.92 Å². The maximum Gasteiger partial charge on any atom is 0.231 e. The number of nitrogens with zero attached hydrogens (tertiary/aromatic N) is 3. The molecule has 0 radical (unpaired) electrons. The number of ether oxygens (including phenoxy) is 2. The highest BCUT2D eigenvalue weighted by Crippen LogP contribution is 2.33. The average molecular weight is 410 g/mol. The smallest absolute Gasteiger partial charge is 0.231 e. The molecule has 1 amide bonds. The summed E-state index contributed by atoms with van der Waals surface area (Å²) in [5, 5.41) is 0. The topological polar surface area (TPSA) is 79.4 Å². The van der Waals surface area contributed by atoms with Gasteiger partial charge in [0.2, 0.25) is 22.7 Å². The van der Waals surface area contributed by atoms with Crippen LogP contribution in [0.2, 0.25) is 0 Å². The molecular formula is C19H27N3O5S. The van der Waals surface area contributed by atoms with Crippen molar-refractivity contribution < 1.29 is 22.7 Å². The summed E-state index contributed by atoms with van der Waals surface area (Å²) in [6, 6.07) is 6.00. The van der Waals surface area contributed by atoms with E-state index in [2.05, 4.69) is 4.90 Å². The molecule has 1 unspecified atom stereocenters. The van der Waals surface area contributed by atoms with E-state index in [0.717, 1.165) is 44.0 Å². The zero-order valence-electron chi connectivity index (χ0n) is 16.2. The van der Waals surface area contributed by atoms with E-state index in [1.165, 1.54) is 16.1 Å². The Kier molecular flexibility index (Phi) is 5.48. The van der Waals surface area contributed by atoms with Gasteiger partial charge in [-0.2, -0.15) is 0 Å². The molecule has 154 valence electrons. The Hall–Kier alpha value is -1.84. The Morgan fingerprint density at radius 3 is 2.61 bits per heavy atom. The monoisotopic (exact) mass is 409 g/mol. The number of benzene rings is 1. The molecule has 3 heterocycles. The summed E-state index contributed by atoms with van der Waals surface area (Å²) in [4.78, 5) is 17.1. The molecule has 0 aromatic heterocycles. The van der Waals surface area contributed by atoms with E-state index < -0.39 is 10.0 Å². The fourth-order valence-corrected chi connectivity index (χ4v) is 5.04. The number of piperidine rings is 1. The zero-order valence-corrected chi connectivity index (χ0v) is 17.0. The normalized spacial score (nSPS) is 23.8. The van der Waals surface area contributed by atoms with Gasteiger partial charge in [-0.05, 0) is 30.5 Å². The first-order valence-corrected chi connectivity index (χ1v) is 11.6. The molecule has 3 aliphatic heterocycles. The third-order valence-corrected chi connectivity index (χ3v) is 7.00. The molecule has 2 fully saturated rings. The molecule has 1 aromatic rings. The molecule has 2 saturated heterocycles. The van der Waals surface area contributed by atoms with Crippen molar-refractivity contribution in [2.45, 2.75) is 19.4 Å². The third-order valence-electron chi connectivity index (χ3n) is 5.73. The van der Waals surface area contributed by atoms with Crippen LogP contribution in [0.25, 0.3) is 0 Å². The van der Waals surface area contributed by atoms with Gasteiger partial charge in [-0.15, -0.1) is 0 Å². The van der Waals surface area contributed by atoms with Crippen molar-refractivity contribution in [2.75, 3.05) is 52.3 Å². The van der Waals surface area contributed by atoms with Gasteiger partial charge in [0, 0.05) is 45.8 Å². The van der Waals surface area contributed by atoms with E-state index in [4.69, 9.17) is 9.47 Å². The zero-order chi connectivity index (χ0) is 19.7. The number of hydrogen-bond acceptors (Lipinski definition) is 6. The fraction of sp³-hybridized carbons (Fsp3) is 0.632. The van der Waals surface area contributed by atoms with Crippen LogP contribution in [-0.2, 0) is 21.4 Å². The second kappa shape index (κ2) is 7.88. The molecule has 0 N–H and O–H groups in total. The fourth-order valence-electron chi connectivity index (χ4n) is 4.13. The van der Waals surface area contributed by atoms with Gasteiger partial charge < -0.3 is 14.4 Å². The van der Waals surface area contributed by atoms with Crippen LogP contribution in [-0.4, -0.2) is 80.7 Å². The lowest BCUT2D eigenvalue weighted by Crippen LogP contribution is -2.52. The van der Waals surface area contributed by atoms with Crippen molar-refractivity contribution in [1.82, 2.24) is 14.1 Å². The second-order valence-corrected chi connectivity index (χ2v) is 9.73. The standard InChI is InChI=1S/C19H27N3O5S/c1-28(24,25)22-6-2-3-16(13-22)19(23)21-9-7-20(8-10-21)12-15-4-5-17-18(11-15)27-14-26-17/h4-5,11,16H,2-3,6-10,12-14H2,1H3. The van der Waals surface area contributed by atoms with Gasteiger partial charge in [-0.1, -0.05) is 6.07 Å². The van der Waals surface area contributed by atoms with Gasteiger partial charge in [0.25, 0.3) is 0 Å². The average Bonchev–Trinajstić information content (AvgIpc) is 3.15. The first-order valence-electron chi connectivity index (χ1n) is 9.75. The van der Waals surface area contributed by atoms with Gasteiger partial charge in [0.05, 0.1) is 12.2 Å². The van der Waals surface area contributed by atoms with Crippen molar-refractivity contribution in [3.05, 3.63) is 23.8 Å². The summed E-state index contributed by atoms with van der Waals surface area (Å²) in [5.74, 6) is 1.45. The van der Waals surface area contributed by atoms with Crippen LogP contribution in [0.5, 0.6) is 11.5 Å². The molecule has 9 heteroatoms. The van der Waals surface area contributed by atoms with Crippen LogP contribution in [0.4, 0.5) is 0 Å². The first kappa shape index (κ1) is 19.5. The van der Waals surface area contributed by atoms with Crippen molar-refractivity contribution in [3.63, 3.8) is 0 Å². The Balaban J connectivity index is 1.29. The molecule has 0 bridgehead atoms. The number of sulfonamides is 1. The Morgan fingerprint density at radius 2 is 1.86 bits per heavy atom. The molecule has 0 saturated carbocycles. The maximum absolute atomic E-state index is 12.9. The summed E-state index contributed by atoms with van der Waals surface area (Å²) in [6.07, 6.45) is 2.73. The number of hydrogen-bond donors (Lipinski definition) is 0. The Morgan fingerprint density at radius 1 is 1.11 bits per heavy atom. The van der Waals surface area contributed by atoms with Crippen LogP contribution in [0.1, 0.15) is 18.4 Å². The van der Waals surface area contributed by atoms with E-state index in [0.29, 0.717) is 26.2 Å². The molecule has 1 atom stereocenters. The van der Waals surface area contributed by atoms with E-state index in [1.807, 2.05) is 23.1 Å². The summed E-state index contributed by atoms with van der Waals surface area (Å²) >= 11 is 0. The summed E-state index contributed by atoms with van der Waals surface area (Å²) in [5.41, 5.74) is 1.17. The number of rotatable bonds is 4. The number of carbonyl (C=O) groups excluding carboxylic acids is 1. The highest BCUT2D eigenvalue weighted by atomic mass is 32.2. The second-order valence-electron chi connectivity index (χ2n) is 7.75. The van der Waals surface area contributed by atoms with E-state index >= 15 is 0 Å². The first-order chi connectivity index (χ1) is 13.4. The summed E-state index contributed by atoms with van der Waals surface area (Å²) in [6.45, 7) is 4.89. The molecule has 1 aromatic carbocycles. The lowest BCUT2D eigenvalue weighted by atomic mass is 9.97. The quantitative estimate of drug-likeness (QED) is 0.730. The van der Waals surface area contributed by atoms with Crippen LogP contribution in [0.3, 0.4) is 0 Å². The predicted molar refractivity (Wildman–Crippen MR) is 104 cm³/mol. The number of carbonyl (C=O) groups is 1. The highest BCUT2D eigenvalue weighted by molar-refractivity contribution is 7.88. The lowest BCUT2D eigenvalue weighted by molar-refractivity contribution is -0.138. The molecular weight excluding hydrogens is 382 g/mol. The number of amides is 1. The SMILES string of the molecule is CS(=O)(=O)N1CCCC(C(=O)N2CCN(Cc3ccc4c(c3)OCO4)CC2)C1. The van der Waals surface area contributed by atoms with Crippen molar-refractivity contribution >= 4 is 15.9 Å². The van der Waals surface area contributed by atoms with Crippen molar-refractivity contribution in [3.8, 4) is 11.5 Å². The van der Waals surface area contributed by atoms with Gasteiger partial charge in [-0.3, -0.25) is 9.69 Å². The van der Waals surface area contributed by atoms with Crippen molar-refractivity contribution in [1.29, 1.82) is 0 Å². The van der Waals surface area contributed by atoms with Gasteiger partial charge in [0.1, 0.15) is 0 Å². The lowest BCUT2D eigenvalue weighted by Gasteiger charge is -2.38. The minimum absolute atomic E-state index is 0.0936. The molecule has 0 spiro atoms. The minimum Gasteiger partial charge on any atom is -0.454 e. The van der Waals surface area contributed by atoms with Crippen LogP contribution in [0.15, 0.2) is 18.2 Å². The van der Waals surface area contributed by atoms with Gasteiger partial charge >= 0.3 is 0 Å². The van der Waals surface area contributed by atoms with E-state index in [9.17, 15) is 13.2 Å². The van der Waals surface area contributed by atoms with E-state index in [-0.39, 0.29) is 18.6 Å². The van der Waals surface area contributed by atoms with Crippen LogP contribution < -0.4 is 9.47 Å². The number of fused-ring (bicyclic) bond motifs is 1. The molecule has 28 heavy (non-hydrogen) atoms. The maximum atomic E-state index is 12.9. The molecule has 8 nitrogen and oxygen atoms in total. The Labute approximate surface area is 166 Å². The third kappa shape index (κ3) is 4.26. The molecule has 0 aliphatic carbocycles.